The lowest BCUT2D eigenvalue weighted by Crippen LogP contribution is -1.98. The highest BCUT2D eigenvalue weighted by atomic mass is 79.9. The quantitative estimate of drug-likeness (QED) is 0.928. The Labute approximate surface area is 94.7 Å². The number of nitrogens with zero attached hydrogens (tertiary/aromatic N) is 2. The molecule has 0 radical (unpaired) electrons. The first-order valence-electron chi connectivity index (χ1n) is 4.51. The van der Waals surface area contributed by atoms with E-state index in [1.807, 2.05) is 24.4 Å². The largest absolute Gasteiger partial charge is 0.481 e. The summed E-state index contributed by atoms with van der Waals surface area (Å²) in [7, 11) is 0. The number of pyridine rings is 1. The van der Waals surface area contributed by atoms with E-state index >= 15 is 0 Å². The van der Waals surface area contributed by atoms with Gasteiger partial charge in [0, 0.05) is 17.1 Å². The van der Waals surface area contributed by atoms with Gasteiger partial charge in [-0.15, -0.1) is 0 Å². The number of aryl methyl sites for hydroxylation is 1. The smallest absolute Gasteiger partial charge is 0.303 e. The molecule has 0 aromatic carbocycles. The Bertz CT molecular complexity index is 507. The number of hydrogen-bond acceptors (Lipinski definition) is 2. The predicted molar refractivity (Wildman–Crippen MR) is 58.8 cm³/mol. The normalized spacial score (nSPS) is 10.7. The molecule has 15 heavy (non-hydrogen) atoms. The molecule has 2 rings (SSSR count). The Balaban J connectivity index is 2.27. The molecule has 0 amide bonds. The molecule has 5 heteroatoms. The molecule has 0 aliphatic rings. The lowest BCUT2D eigenvalue weighted by Gasteiger charge is -1.92. The molecule has 0 saturated heterocycles. The van der Waals surface area contributed by atoms with E-state index in [-0.39, 0.29) is 6.42 Å². The number of aromatic nitrogens is 2. The minimum Gasteiger partial charge on any atom is -0.481 e. The van der Waals surface area contributed by atoms with E-state index < -0.39 is 5.97 Å². The Hall–Kier alpha value is -1.36. The second-order valence-electron chi connectivity index (χ2n) is 3.24. The number of carboxylic acids is 1. The van der Waals surface area contributed by atoms with Gasteiger partial charge in [-0.3, -0.25) is 4.79 Å². The van der Waals surface area contributed by atoms with Crippen LogP contribution in [-0.4, -0.2) is 20.7 Å². The first-order valence-corrected chi connectivity index (χ1v) is 5.30. The van der Waals surface area contributed by atoms with E-state index in [0.29, 0.717) is 6.42 Å². The SMILES string of the molecule is O=C(O)CCc1cc2cc(Br)ccn2n1. The third kappa shape index (κ3) is 2.36. The van der Waals surface area contributed by atoms with Gasteiger partial charge in [-0.05, 0) is 18.2 Å². The van der Waals surface area contributed by atoms with E-state index in [2.05, 4.69) is 21.0 Å². The van der Waals surface area contributed by atoms with Crippen LogP contribution in [0, 0.1) is 0 Å². The molecular weight excluding hydrogens is 260 g/mol. The van der Waals surface area contributed by atoms with Crippen molar-refractivity contribution >= 4 is 27.4 Å². The summed E-state index contributed by atoms with van der Waals surface area (Å²) in [5.41, 5.74) is 1.76. The van der Waals surface area contributed by atoms with Crippen LogP contribution >= 0.6 is 15.9 Å². The fourth-order valence-electron chi connectivity index (χ4n) is 1.38. The maximum atomic E-state index is 10.4. The highest BCUT2D eigenvalue weighted by molar-refractivity contribution is 9.10. The molecule has 2 heterocycles. The summed E-state index contributed by atoms with van der Waals surface area (Å²) in [4.78, 5) is 10.4. The van der Waals surface area contributed by atoms with Gasteiger partial charge < -0.3 is 5.11 Å². The summed E-state index contributed by atoms with van der Waals surface area (Å²) in [5.74, 6) is -0.798. The minimum atomic E-state index is -0.798. The van der Waals surface area contributed by atoms with Gasteiger partial charge in [-0.1, -0.05) is 15.9 Å². The fourth-order valence-corrected chi connectivity index (χ4v) is 1.73. The van der Waals surface area contributed by atoms with Crippen LogP contribution in [0.25, 0.3) is 5.52 Å². The van der Waals surface area contributed by atoms with E-state index in [4.69, 9.17) is 5.11 Å². The third-order valence-electron chi connectivity index (χ3n) is 2.07. The molecule has 2 aromatic heterocycles. The van der Waals surface area contributed by atoms with Gasteiger partial charge in [0.2, 0.25) is 0 Å². The summed E-state index contributed by atoms with van der Waals surface area (Å²) in [6.45, 7) is 0. The van der Waals surface area contributed by atoms with Gasteiger partial charge in [-0.2, -0.15) is 5.10 Å². The van der Waals surface area contributed by atoms with Crippen molar-refractivity contribution in [3.05, 3.63) is 34.6 Å². The van der Waals surface area contributed by atoms with Crippen molar-refractivity contribution in [2.75, 3.05) is 0 Å². The van der Waals surface area contributed by atoms with Crippen LogP contribution in [0.2, 0.25) is 0 Å². The Morgan fingerprint density at radius 3 is 3.07 bits per heavy atom. The molecule has 0 saturated carbocycles. The Morgan fingerprint density at radius 1 is 1.53 bits per heavy atom. The van der Waals surface area contributed by atoms with Crippen molar-refractivity contribution in [1.82, 2.24) is 9.61 Å². The number of carboxylic acid groups (broad SMARTS) is 1. The molecule has 0 aliphatic heterocycles. The molecule has 2 aromatic rings. The molecule has 1 N–H and O–H groups in total. The number of aliphatic carboxylic acids is 1. The second kappa shape index (κ2) is 4.02. The summed E-state index contributed by atoms with van der Waals surface area (Å²) < 4.78 is 2.72. The topological polar surface area (TPSA) is 54.6 Å². The number of hydrogen-bond donors (Lipinski definition) is 1. The fraction of sp³-hybridized carbons (Fsp3) is 0.200. The monoisotopic (exact) mass is 268 g/mol. The van der Waals surface area contributed by atoms with Crippen LogP contribution in [0.15, 0.2) is 28.9 Å². The summed E-state index contributed by atoms with van der Waals surface area (Å²) in [6.07, 6.45) is 2.42. The van der Waals surface area contributed by atoms with E-state index in [0.717, 1.165) is 15.7 Å². The van der Waals surface area contributed by atoms with Gasteiger partial charge in [0.1, 0.15) is 0 Å². The van der Waals surface area contributed by atoms with Crippen LogP contribution in [0.1, 0.15) is 12.1 Å². The van der Waals surface area contributed by atoms with Gasteiger partial charge >= 0.3 is 5.97 Å². The third-order valence-corrected chi connectivity index (χ3v) is 2.56. The number of carbonyl (C=O) groups is 1. The number of fused-ring (bicyclic) bond motifs is 1. The van der Waals surface area contributed by atoms with Crippen LogP contribution < -0.4 is 0 Å². The molecule has 4 nitrogen and oxygen atoms in total. The highest BCUT2D eigenvalue weighted by Crippen LogP contribution is 2.14. The van der Waals surface area contributed by atoms with Crippen molar-refractivity contribution in [2.24, 2.45) is 0 Å². The molecule has 0 aliphatic carbocycles. The van der Waals surface area contributed by atoms with Crippen LogP contribution in [0.5, 0.6) is 0 Å². The lowest BCUT2D eigenvalue weighted by molar-refractivity contribution is -0.136. The van der Waals surface area contributed by atoms with Gasteiger partial charge in [0.15, 0.2) is 0 Å². The highest BCUT2D eigenvalue weighted by Gasteiger charge is 2.04. The van der Waals surface area contributed by atoms with Crippen molar-refractivity contribution in [3.63, 3.8) is 0 Å². The van der Waals surface area contributed by atoms with Crippen molar-refractivity contribution in [1.29, 1.82) is 0 Å². The van der Waals surface area contributed by atoms with Gasteiger partial charge in [-0.25, -0.2) is 4.52 Å². The maximum absolute atomic E-state index is 10.4. The van der Waals surface area contributed by atoms with E-state index in [1.54, 1.807) is 4.52 Å². The minimum absolute atomic E-state index is 0.116. The second-order valence-corrected chi connectivity index (χ2v) is 4.16. The molecule has 0 spiro atoms. The number of halogens is 1. The van der Waals surface area contributed by atoms with Crippen molar-refractivity contribution in [3.8, 4) is 0 Å². The lowest BCUT2D eigenvalue weighted by atomic mass is 10.2. The zero-order valence-corrected chi connectivity index (χ0v) is 9.44. The standard InChI is InChI=1S/C10H9BrN2O2/c11-7-3-4-13-9(5-7)6-8(12-13)1-2-10(14)15/h3-6H,1-2H2,(H,14,15). The van der Waals surface area contributed by atoms with Crippen LogP contribution in [0.3, 0.4) is 0 Å². The van der Waals surface area contributed by atoms with E-state index in [1.165, 1.54) is 0 Å². The average Bonchev–Trinajstić information content (AvgIpc) is 2.56. The maximum Gasteiger partial charge on any atom is 0.303 e. The van der Waals surface area contributed by atoms with Gasteiger partial charge in [0.25, 0.3) is 0 Å². The predicted octanol–water partition coefficient (Wildman–Crippen LogP) is 2.11. The summed E-state index contributed by atoms with van der Waals surface area (Å²) >= 11 is 3.37. The van der Waals surface area contributed by atoms with Crippen molar-refractivity contribution < 1.29 is 9.90 Å². The molecule has 0 unspecified atom stereocenters. The van der Waals surface area contributed by atoms with Crippen molar-refractivity contribution in [2.45, 2.75) is 12.8 Å². The first-order chi connectivity index (χ1) is 7.15. The van der Waals surface area contributed by atoms with Crippen LogP contribution in [0.4, 0.5) is 0 Å². The summed E-state index contributed by atoms with van der Waals surface area (Å²) in [5, 5.41) is 12.8. The van der Waals surface area contributed by atoms with Crippen LogP contribution in [-0.2, 0) is 11.2 Å². The zero-order chi connectivity index (χ0) is 10.8. The van der Waals surface area contributed by atoms with E-state index in [9.17, 15) is 4.79 Å². The Morgan fingerprint density at radius 2 is 2.33 bits per heavy atom. The number of rotatable bonds is 3. The summed E-state index contributed by atoms with van der Waals surface area (Å²) in [6, 6.07) is 5.73. The first kappa shape index (κ1) is 10.2. The average molecular weight is 269 g/mol. The zero-order valence-electron chi connectivity index (χ0n) is 7.85. The molecular formula is C10H9BrN2O2. The molecule has 0 atom stereocenters. The molecule has 78 valence electrons. The molecule has 0 fully saturated rings. The van der Waals surface area contributed by atoms with Gasteiger partial charge in [0.05, 0.1) is 17.6 Å². The molecule has 0 bridgehead atoms. The Kier molecular flexibility index (Phi) is 2.73.